The monoisotopic (exact) mass is 409 g/mol. The van der Waals surface area contributed by atoms with Gasteiger partial charge in [-0.05, 0) is 54.1 Å². The van der Waals surface area contributed by atoms with E-state index < -0.39 is 10.0 Å². The van der Waals surface area contributed by atoms with Gasteiger partial charge in [-0.15, -0.1) is 0 Å². The van der Waals surface area contributed by atoms with E-state index in [1.807, 2.05) is 12.1 Å². The van der Waals surface area contributed by atoms with Crippen molar-refractivity contribution < 1.29 is 18.6 Å². The van der Waals surface area contributed by atoms with Gasteiger partial charge in [-0.1, -0.05) is 24.3 Å². The maximum Gasteiger partial charge on any atom is 0.238 e. The summed E-state index contributed by atoms with van der Waals surface area (Å²) in [7, 11) is -3.79. The molecule has 8 heteroatoms. The molecule has 29 heavy (non-hydrogen) atoms. The van der Waals surface area contributed by atoms with Gasteiger partial charge < -0.3 is 10.2 Å². The van der Waals surface area contributed by atoms with Gasteiger partial charge in [-0.25, -0.2) is 13.6 Å². The normalized spacial score (nSPS) is 16.7. The molecule has 0 aromatic heterocycles. The SMILES string of the molecule is NS(=O)(=O)c1ccc(N2N=C(c3cccc(O)c3)CC2c2cccc(O)c2)cc1. The molecule has 4 N–H and O–H groups in total. The lowest BCUT2D eigenvalue weighted by Gasteiger charge is -2.24. The predicted molar refractivity (Wildman–Crippen MR) is 110 cm³/mol. The molecule has 4 rings (SSSR count). The van der Waals surface area contributed by atoms with Gasteiger partial charge in [0.25, 0.3) is 0 Å². The molecule has 148 valence electrons. The summed E-state index contributed by atoms with van der Waals surface area (Å²) < 4.78 is 23.1. The number of anilines is 1. The van der Waals surface area contributed by atoms with E-state index in [4.69, 9.17) is 10.2 Å². The van der Waals surface area contributed by atoms with Gasteiger partial charge in [-0.3, -0.25) is 5.01 Å². The fourth-order valence-electron chi connectivity index (χ4n) is 3.39. The molecule has 0 radical (unpaired) electrons. The van der Waals surface area contributed by atoms with E-state index in [0.29, 0.717) is 12.1 Å². The van der Waals surface area contributed by atoms with Crippen LogP contribution in [0, 0.1) is 0 Å². The second-order valence-electron chi connectivity index (χ2n) is 6.80. The van der Waals surface area contributed by atoms with Crippen molar-refractivity contribution in [1.29, 1.82) is 0 Å². The molecule has 0 amide bonds. The highest BCUT2D eigenvalue weighted by Crippen LogP contribution is 2.38. The largest absolute Gasteiger partial charge is 0.508 e. The van der Waals surface area contributed by atoms with Crippen molar-refractivity contribution in [3.63, 3.8) is 0 Å². The van der Waals surface area contributed by atoms with Crippen molar-refractivity contribution in [1.82, 2.24) is 0 Å². The highest BCUT2D eigenvalue weighted by Gasteiger charge is 2.30. The summed E-state index contributed by atoms with van der Waals surface area (Å²) in [6, 6.07) is 19.7. The second kappa shape index (κ2) is 7.23. The molecule has 0 fully saturated rings. The third-order valence-corrected chi connectivity index (χ3v) is 5.70. The Morgan fingerprint density at radius 3 is 2.21 bits per heavy atom. The minimum absolute atomic E-state index is 0.0199. The first-order chi connectivity index (χ1) is 13.8. The topological polar surface area (TPSA) is 116 Å². The van der Waals surface area contributed by atoms with Gasteiger partial charge in [0.15, 0.2) is 0 Å². The molecule has 7 nitrogen and oxygen atoms in total. The Morgan fingerprint density at radius 2 is 1.59 bits per heavy atom. The quantitative estimate of drug-likeness (QED) is 0.612. The standard InChI is InChI=1S/C21H19N3O4S/c22-29(27,28)19-9-7-16(8-10-19)24-21(15-4-2-6-18(26)12-15)13-20(23-24)14-3-1-5-17(25)11-14/h1-12,21,25-26H,13H2,(H2,22,27,28). The third kappa shape index (κ3) is 3.94. The molecule has 0 saturated heterocycles. The Bertz CT molecular complexity index is 1190. The van der Waals surface area contributed by atoms with Crippen molar-refractivity contribution >= 4 is 21.4 Å². The molecular formula is C21H19N3O4S. The van der Waals surface area contributed by atoms with E-state index >= 15 is 0 Å². The van der Waals surface area contributed by atoms with Gasteiger partial charge in [0.1, 0.15) is 11.5 Å². The number of hydrogen-bond donors (Lipinski definition) is 3. The van der Waals surface area contributed by atoms with Gasteiger partial charge in [0.2, 0.25) is 10.0 Å². The van der Waals surface area contributed by atoms with Gasteiger partial charge in [0.05, 0.1) is 22.3 Å². The third-order valence-electron chi connectivity index (χ3n) is 4.77. The average Bonchev–Trinajstić information content (AvgIpc) is 3.13. The molecule has 3 aromatic carbocycles. The second-order valence-corrected chi connectivity index (χ2v) is 8.36. The Labute approximate surface area is 168 Å². The summed E-state index contributed by atoms with van der Waals surface area (Å²) in [4.78, 5) is 0.0199. The van der Waals surface area contributed by atoms with E-state index in [9.17, 15) is 18.6 Å². The summed E-state index contributed by atoms with van der Waals surface area (Å²) in [6.07, 6.45) is 0.545. The van der Waals surface area contributed by atoms with Crippen LogP contribution in [0.5, 0.6) is 11.5 Å². The number of aromatic hydroxyl groups is 2. The number of nitrogens with two attached hydrogens (primary N) is 1. The summed E-state index contributed by atoms with van der Waals surface area (Å²) in [5.74, 6) is 0.299. The zero-order valence-electron chi connectivity index (χ0n) is 15.3. The van der Waals surface area contributed by atoms with Crippen LogP contribution in [-0.4, -0.2) is 24.3 Å². The fourth-order valence-corrected chi connectivity index (χ4v) is 3.90. The zero-order chi connectivity index (χ0) is 20.6. The predicted octanol–water partition coefficient (Wildman–Crippen LogP) is 3.10. The van der Waals surface area contributed by atoms with Crippen molar-refractivity contribution in [2.75, 3.05) is 5.01 Å². The lowest BCUT2D eigenvalue weighted by Crippen LogP contribution is -2.19. The van der Waals surface area contributed by atoms with Crippen LogP contribution in [0.4, 0.5) is 5.69 Å². The average molecular weight is 409 g/mol. The molecule has 0 bridgehead atoms. The van der Waals surface area contributed by atoms with Crippen LogP contribution in [0.3, 0.4) is 0 Å². The smallest absolute Gasteiger partial charge is 0.238 e. The van der Waals surface area contributed by atoms with Crippen LogP contribution >= 0.6 is 0 Å². The lowest BCUT2D eigenvalue weighted by atomic mass is 9.98. The van der Waals surface area contributed by atoms with Crippen molar-refractivity contribution in [3.05, 3.63) is 83.9 Å². The fraction of sp³-hybridized carbons (Fsp3) is 0.0952. The van der Waals surface area contributed by atoms with Crippen molar-refractivity contribution in [2.45, 2.75) is 17.4 Å². The number of primary sulfonamides is 1. The maximum atomic E-state index is 11.5. The van der Waals surface area contributed by atoms with Gasteiger partial charge in [-0.2, -0.15) is 5.10 Å². The van der Waals surface area contributed by atoms with E-state index in [1.54, 1.807) is 53.5 Å². The van der Waals surface area contributed by atoms with Crippen LogP contribution in [0.2, 0.25) is 0 Å². The first-order valence-electron chi connectivity index (χ1n) is 8.89. The Hall–Kier alpha value is -3.36. The molecule has 0 aliphatic carbocycles. The number of phenolic OH excluding ortho intramolecular Hbond substituents is 2. The Kier molecular flexibility index (Phi) is 4.73. The lowest BCUT2D eigenvalue weighted by molar-refractivity contribution is 0.473. The Balaban J connectivity index is 1.77. The minimum Gasteiger partial charge on any atom is -0.508 e. The number of benzene rings is 3. The zero-order valence-corrected chi connectivity index (χ0v) is 16.1. The number of hydrogen-bond acceptors (Lipinski definition) is 6. The number of rotatable bonds is 4. The van der Waals surface area contributed by atoms with E-state index in [0.717, 1.165) is 16.8 Å². The molecule has 0 spiro atoms. The molecule has 1 atom stereocenters. The highest BCUT2D eigenvalue weighted by atomic mass is 32.2. The minimum atomic E-state index is -3.79. The summed E-state index contributed by atoms with van der Waals surface area (Å²) >= 11 is 0. The van der Waals surface area contributed by atoms with Crippen molar-refractivity contribution in [3.8, 4) is 11.5 Å². The summed E-state index contributed by atoms with van der Waals surface area (Å²) in [5, 5.41) is 31.4. The van der Waals surface area contributed by atoms with Gasteiger partial charge >= 0.3 is 0 Å². The molecule has 0 saturated carbocycles. The van der Waals surface area contributed by atoms with Crippen LogP contribution in [0.15, 0.2) is 82.8 Å². The number of phenols is 2. The molecule has 1 aliphatic heterocycles. The number of nitrogens with zero attached hydrogens (tertiary/aromatic N) is 2. The Morgan fingerprint density at radius 1 is 0.931 bits per heavy atom. The van der Waals surface area contributed by atoms with Crippen LogP contribution in [0.25, 0.3) is 0 Å². The molecule has 1 unspecified atom stereocenters. The molecule has 3 aromatic rings. The maximum absolute atomic E-state index is 11.5. The molecule has 1 aliphatic rings. The van der Waals surface area contributed by atoms with Crippen LogP contribution in [0.1, 0.15) is 23.6 Å². The van der Waals surface area contributed by atoms with E-state index in [1.165, 1.54) is 12.1 Å². The number of hydrazone groups is 1. The van der Waals surface area contributed by atoms with Crippen LogP contribution in [-0.2, 0) is 10.0 Å². The first-order valence-corrected chi connectivity index (χ1v) is 10.4. The highest BCUT2D eigenvalue weighted by molar-refractivity contribution is 7.89. The van der Waals surface area contributed by atoms with E-state index in [2.05, 4.69) is 0 Å². The molecule has 1 heterocycles. The van der Waals surface area contributed by atoms with Crippen LogP contribution < -0.4 is 10.1 Å². The first kappa shape index (κ1) is 19.0. The van der Waals surface area contributed by atoms with E-state index in [-0.39, 0.29) is 22.4 Å². The van der Waals surface area contributed by atoms with Gasteiger partial charge in [0, 0.05) is 12.0 Å². The van der Waals surface area contributed by atoms with Crippen molar-refractivity contribution in [2.24, 2.45) is 10.2 Å². The summed E-state index contributed by atoms with van der Waals surface area (Å²) in [6.45, 7) is 0. The summed E-state index contributed by atoms with van der Waals surface area (Å²) in [5.41, 5.74) is 3.10. The number of sulfonamides is 1. The molecular weight excluding hydrogens is 390 g/mol.